The fourth-order valence-electron chi connectivity index (χ4n) is 1.15. The molecule has 0 rings (SSSR count). The maximum atomic E-state index is 5.94. The van der Waals surface area contributed by atoms with Gasteiger partial charge in [0.05, 0.1) is 0 Å². The van der Waals surface area contributed by atoms with Gasteiger partial charge in [-0.05, 0) is 12.3 Å². The Kier molecular flexibility index (Phi) is 6.39. The van der Waals surface area contributed by atoms with Crippen molar-refractivity contribution in [3.05, 3.63) is 0 Å². The third-order valence-corrected chi connectivity index (χ3v) is 2.19. The minimum Gasteiger partial charge on any atom is -0.327 e. The van der Waals surface area contributed by atoms with Crippen LogP contribution in [-0.2, 0) is 0 Å². The summed E-state index contributed by atoms with van der Waals surface area (Å²) in [6.45, 7) is 9.72. The van der Waals surface area contributed by atoms with E-state index in [-0.39, 0.29) is 0 Å². The lowest BCUT2D eigenvalue weighted by Gasteiger charge is -2.17. The van der Waals surface area contributed by atoms with Crippen molar-refractivity contribution in [2.24, 2.45) is 11.7 Å². The molecule has 74 valence electrons. The lowest BCUT2D eigenvalue weighted by molar-refractivity contribution is 0.422. The van der Waals surface area contributed by atoms with Gasteiger partial charge in [0.1, 0.15) is 0 Å². The van der Waals surface area contributed by atoms with Gasteiger partial charge in [-0.15, -0.1) is 0 Å². The third-order valence-electron chi connectivity index (χ3n) is 2.19. The zero-order valence-electron chi connectivity index (χ0n) is 8.93. The van der Waals surface area contributed by atoms with Crippen LogP contribution in [0.15, 0.2) is 0 Å². The molecule has 0 fully saturated rings. The second-order valence-corrected chi connectivity index (χ2v) is 4.07. The third kappa shape index (κ3) is 6.62. The van der Waals surface area contributed by atoms with Gasteiger partial charge >= 0.3 is 0 Å². The van der Waals surface area contributed by atoms with Gasteiger partial charge in [-0.2, -0.15) is 0 Å². The first-order valence-electron chi connectivity index (χ1n) is 5.05. The van der Waals surface area contributed by atoms with Crippen LogP contribution in [0, 0.1) is 5.92 Å². The molecule has 0 heterocycles. The zero-order valence-corrected chi connectivity index (χ0v) is 8.93. The van der Waals surface area contributed by atoms with Crippen molar-refractivity contribution in [3.8, 4) is 0 Å². The number of hydrogen-bond donors (Lipinski definition) is 2. The Bertz CT molecular complexity index is 102. The van der Waals surface area contributed by atoms with Crippen molar-refractivity contribution in [1.29, 1.82) is 0 Å². The Morgan fingerprint density at radius 1 is 1.25 bits per heavy atom. The van der Waals surface area contributed by atoms with Crippen molar-refractivity contribution in [1.82, 2.24) is 5.32 Å². The Morgan fingerprint density at radius 2 is 1.83 bits per heavy atom. The van der Waals surface area contributed by atoms with Crippen molar-refractivity contribution in [2.45, 2.75) is 52.6 Å². The quantitative estimate of drug-likeness (QED) is 0.640. The van der Waals surface area contributed by atoms with E-state index in [1.807, 2.05) is 0 Å². The molecule has 2 heteroatoms. The molecule has 0 aliphatic carbocycles. The standard InChI is InChI=1S/C10H24N2/c1-5-9(4)6-10(11)7-12-8(2)3/h8-10,12H,5-7,11H2,1-4H3/t9-,10+/m0/s1. The molecule has 2 nitrogen and oxygen atoms in total. The molecule has 0 bridgehead atoms. The monoisotopic (exact) mass is 172 g/mol. The summed E-state index contributed by atoms with van der Waals surface area (Å²) in [7, 11) is 0. The van der Waals surface area contributed by atoms with Gasteiger partial charge in [0, 0.05) is 18.6 Å². The van der Waals surface area contributed by atoms with E-state index in [0.29, 0.717) is 12.1 Å². The van der Waals surface area contributed by atoms with E-state index in [2.05, 4.69) is 33.0 Å². The molecule has 0 unspecified atom stereocenters. The molecule has 3 N–H and O–H groups in total. The lowest BCUT2D eigenvalue weighted by atomic mass is 10.00. The van der Waals surface area contributed by atoms with E-state index in [0.717, 1.165) is 18.9 Å². The van der Waals surface area contributed by atoms with Gasteiger partial charge in [0.25, 0.3) is 0 Å². The second-order valence-electron chi connectivity index (χ2n) is 4.07. The van der Waals surface area contributed by atoms with Gasteiger partial charge in [0.2, 0.25) is 0 Å². The molecule has 0 aliphatic heterocycles. The minimum atomic E-state index is 0.322. The van der Waals surface area contributed by atoms with E-state index in [1.54, 1.807) is 0 Å². The van der Waals surface area contributed by atoms with Crippen LogP contribution in [0.2, 0.25) is 0 Å². The van der Waals surface area contributed by atoms with E-state index >= 15 is 0 Å². The molecule has 0 aromatic carbocycles. The fourth-order valence-corrected chi connectivity index (χ4v) is 1.15. The van der Waals surface area contributed by atoms with Crippen molar-refractivity contribution in [2.75, 3.05) is 6.54 Å². The Morgan fingerprint density at radius 3 is 2.25 bits per heavy atom. The summed E-state index contributed by atoms with van der Waals surface area (Å²) in [5.74, 6) is 0.758. The maximum Gasteiger partial charge on any atom is 0.0167 e. The van der Waals surface area contributed by atoms with Crippen LogP contribution in [-0.4, -0.2) is 18.6 Å². The molecule has 2 atom stereocenters. The first kappa shape index (κ1) is 11.9. The zero-order chi connectivity index (χ0) is 9.56. The van der Waals surface area contributed by atoms with Gasteiger partial charge in [-0.1, -0.05) is 34.1 Å². The molecular formula is C10H24N2. The molecule has 12 heavy (non-hydrogen) atoms. The molecule has 0 radical (unpaired) electrons. The van der Waals surface area contributed by atoms with Crippen molar-refractivity contribution >= 4 is 0 Å². The molecule has 0 spiro atoms. The normalized spacial score (nSPS) is 16.5. The summed E-state index contributed by atoms with van der Waals surface area (Å²) < 4.78 is 0. The number of nitrogens with one attached hydrogen (secondary N) is 1. The van der Waals surface area contributed by atoms with Gasteiger partial charge in [0.15, 0.2) is 0 Å². The van der Waals surface area contributed by atoms with Crippen LogP contribution in [0.4, 0.5) is 0 Å². The Labute approximate surface area is 76.9 Å². The van der Waals surface area contributed by atoms with E-state index in [9.17, 15) is 0 Å². The fraction of sp³-hybridized carbons (Fsp3) is 1.00. The average Bonchev–Trinajstić information content (AvgIpc) is 2.00. The molecule has 0 aliphatic rings. The number of nitrogens with two attached hydrogens (primary N) is 1. The highest BCUT2D eigenvalue weighted by Gasteiger charge is 2.07. The predicted molar refractivity (Wildman–Crippen MR) is 55.2 cm³/mol. The number of hydrogen-bond acceptors (Lipinski definition) is 2. The van der Waals surface area contributed by atoms with E-state index in [4.69, 9.17) is 5.73 Å². The molecule has 0 amide bonds. The molecular weight excluding hydrogens is 148 g/mol. The molecule has 0 aromatic heterocycles. The SMILES string of the molecule is CC[C@H](C)C[C@@H](N)CNC(C)C. The first-order chi connectivity index (χ1) is 5.56. The highest BCUT2D eigenvalue weighted by molar-refractivity contribution is 4.68. The smallest absolute Gasteiger partial charge is 0.0167 e. The summed E-state index contributed by atoms with van der Waals surface area (Å²) in [6, 6.07) is 0.871. The highest BCUT2D eigenvalue weighted by Crippen LogP contribution is 2.07. The highest BCUT2D eigenvalue weighted by atomic mass is 14.9. The summed E-state index contributed by atoms with van der Waals surface area (Å²) in [6.07, 6.45) is 2.37. The largest absolute Gasteiger partial charge is 0.327 e. The average molecular weight is 172 g/mol. The van der Waals surface area contributed by atoms with Crippen LogP contribution >= 0.6 is 0 Å². The van der Waals surface area contributed by atoms with E-state index in [1.165, 1.54) is 6.42 Å². The minimum absolute atomic E-state index is 0.322. The summed E-state index contributed by atoms with van der Waals surface area (Å²) in [4.78, 5) is 0. The lowest BCUT2D eigenvalue weighted by Crippen LogP contribution is -2.38. The Balaban J connectivity index is 3.39. The van der Waals surface area contributed by atoms with Crippen LogP contribution in [0.5, 0.6) is 0 Å². The molecule has 0 saturated heterocycles. The molecule has 0 aromatic rings. The number of rotatable bonds is 6. The maximum absolute atomic E-state index is 5.94. The molecule has 0 saturated carbocycles. The van der Waals surface area contributed by atoms with Gasteiger partial charge < -0.3 is 11.1 Å². The van der Waals surface area contributed by atoms with Crippen LogP contribution in [0.3, 0.4) is 0 Å². The summed E-state index contributed by atoms with van der Waals surface area (Å²) >= 11 is 0. The summed E-state index contributed by atoms with van der Waals surface area (Å²) in [5, 5.41) is 3.35. The van der Waals surface area contributed by atoms with Gasteiger partial charge in [-0.25, -0.2) is 0 Å². The van der Waals surface area contributed by atoms with E-state index < -0.39 is 0 Å². The topological polar surface area (TPSA) is 38.0 Å². The predicted octanol–water partition coefficient (Wildman–Crippen LogP) is 1.75. The second kappa shape index (κ2) is 6.44. The van der Waals surface area contributed by atoms with Crippen LogP contribution < -0.4 is 11.1 Å². The Hall–Kier alpha value is -0.0800. The van der Waals surface area contributed by atoms with Crippen LogP contribution in [0.1, 0.15) is 40.5 Å². The van der Waals surface area contributed by atoms with Crippen molar-refractivity contribution < 1.29 is 0 Å². The first-order valence-corrected chi connectivity index (χ1v) is 5.05. The van der Waals surface area contributed by atoms with Crippen LogP contribution in [0.25, 0.3) is 0 Å². The van der Waals surface area contributed by atoms with Gasteiger partial charge in [-0.3, -0.25) is 0 Å². The summed E-state index contributed by atoms with van der Waals surface area (Å²) in [5.41, 5.74) is 5.94. The van der Waals surface area contributed by atoms with Crippen molar-refractivity contribution in [3.63, 3.8) is 0 Å².